The molecular formula is C13H12ClN3O. The highest BCUT2D eigenvalue weighted by atomic mass is 35.5. The topological polar surface area (TPSA) is 46.1 Å². The molecule has 5 heteroatoms. The van der Waals surface area contributed by atoms with Crippen molar-refractivity contribution in [1.29, 1.82) is 0 Å². The molecule has 0 aromatic carbocycles. The molecule has 0 radical (unpaired) electrons. The number of hydrogen-bond acceptors (Lipinski definition) is 3. The molecule has 0 atom stereocenters. The van der Waals surface area contributed by atoms with Crippen molar-refractivity contribution in [2.24, 2.45) is 0 Å². The number of anilines is 1. The summed E-state index contributed by atoms with van der Waals surface area (Å²) >= 11 is 5.85. The third kappa shape index (κ3) is 2.65. The molecule has 0 fully saturated rings. The van der Waals surface area contributed by atoms with Gasteiger partial charge in [-0.3, -0.25) is 9.78 Å². The Labute approximate surface area is 110 Å². The van der Waals surface area contributed by atoms with Gasteiger partial charge in [-0.05, 0) is 31.2 Å². The average molecular weight is 262 g/mol. The first-order valence-electron chi connectivity index (χ1n) is 5.40. The van der Waals surface area contributed by atoms with Gasteiger partial charge in [0.2, 0.25) is 0 Å². The van der Waals surface area contributed by atoms with Crippen LogP contribution in [0.4, 0.5) is 5.69 Å². The molecule has 1 amide bonds. The van der Waals surface area contributed by atoms with Gasteiger partial charge in [0.15, 0.2) is 0 Å². The van der Waals surface area contributed by atoms with Crippen molar-refractivity contribution in [3.8, 4) is 0 Å². The molecule has 4 nitrogen and oxygen atoms in total. The van der Waals surface area contributed by atoms with Crippen molar-refractivity contribution in [3.05, 3.63) is 53.1 Å². The van der Waals surface area contributed by atoms with Crippen LogP contribution in [0, 0.1) is 6.92 Å². The Morgan fingerprint density at radius 2 is 2.17 bits per heavy atom. The molecule has 0 aliphatic rings. The summed E-state index contributed by atoms with van der Waals surface area (Å²) in [5.74, 6) is -0.143. The zero-order chi connectivity index (χ0) is 13.1. The van der Waals surface area contributed by atoms with Gasteiger partial charge in [-0.15, -0.1) is 0 Å². The summed E-state index contributed by atoms with van der Waals surface area (Å²) in [6, 6.07) is 6.87. The Morgan fingerprint density at radius 1 is 1.39 bits per heavy atom. The van der Waals surface area contributed by atoms with Gasteiger partial charge in [0.1, 0.15) is 5.15 Å². The minimum Gasteiger partial charge on any atom is -0.310 e. The predicted octanol–water partition coefficient (Wildman–Crippen LogP) is 2.72. The van der Waals surface area contributed by atoms with Crippen LogP contribution in [0.25, 0.3) is 0 Å². The number of nitrogens with zero attached hydrogens (tertiary/aromatic N) is 3. The first-order chi connectivity index (χ1) is 8.58. The minimum atomic E-state index is -0.143. The third-order valence-corrected chi connectivity index (χ3v) is 2.70. The van der Waals surface area contributed by atoms with Crippen molar-refractivity contribution in [2.45, 2.75) is 6.92 Å². The largest absolute Gasteiger partial charge is 0.310 e. The third-order valence-electron chi connectivity index (χ3n) is 2.51. The number of amides is 1. The fourth-order valence-corrected chi connectivity index (χ4v) is 1.87. The Morgan fingerprint density at radius 3 is 2.78 bits per heavy atom. The quantitative estimate of drug-likeness (QED) is 0.781. The first-order valence-corrected chi connectivity index (χ1v) is 5.78. The molecule has 0 saturated heterocycles. The number of aryl methyl sites for hydroxylation is 1. The van der Waals surface area contributed by atoms with E-state index in [4.69, 9.17) is 11.6 Å². The molecule has 2 aromatic rings. The minimum absolute atomic E-state index is 0.143. The van der Waals surface area contributed by atoms with Gasteiger partial charge in [-0.1, -0.05) is 11.6 Å². The van der Waals surface area contributed by atoms with Crippen LogP contribution in [-0.4, -0.2) is 22.9 Å². The predicted molar refractivity (Wildman–Crippen MR) is 71.0 cm³/mol. The number of carbonyl (C=O) groups excluding carboxylic acids is 1. The van der Waals surface area contributed by atoms with E-state index >= 15 is 0 Å². The summed E-state index contributed by atoms with van der Waals surface area (Å²) in [7, 11) is 1.70. The summed E-state index contributed by atoms with van der Waals surface area (Å²) in [5, 5.41) is 0.318. The lowest BCUT2D eigenvalue weighted by Crippen LogP contribution is -2.26. The van der Waals surface area contributed by atoms with E-state index in [1.807, 2.05) is 6.07 Å². The summed E-state index contributed by atoms with van der Waals surface area (Å²) in [6.45, 7) is 1.80. The lowest BCUT2D eigenvalue weighted by molar-refractivity contribution is 0.0992. The second kappa shape index (κ2) is 5.14. The summed E-state index contributed by atoms with van der Waals surface area (Å²) in [4.78, 5) is 21.8. The lowest BCUT2D eigenvalue weighted by Gasteiger charge is -2.17. The highest BCUT2D eigenvalue weighted by molar-refractivity contribution is 6.29. The van der Waals surface area contributed by atoms with Crippen LogP contribution >= 0.6 is 11.6 Å². The summed E-state index contributed by atoms with van der Waals surface area (Å²) in [6.07, 6.45) is 3.29. The Bertz CT molecular complexity index is 551. The second-order valence-corrected chi connectivity index (χ2v) is 4.28. The summed E-state index contributed by atoms with van der Waals surface area (Å²) in [5.41, 5.74) is 1.96. The fraction of sp³-hybridized carbons (Fsp3) is 0.154. The van der Waals surface area contributed by atoms with Crippen LogP contribution in [0.5, 0.6) is 0 Å². The molecule has 0 spiro atoms. The van der Waals surface area contributed by atoms with Crippen LogP contribution in [0.2, 0.25) is 5.15 Å². The molecule has 2 aromatic heterocycles. The van der Waals surface area contributed by atoms with Gasteiger partial charge < -0.3 is 4.90 Å². The number of hydrogen-bond donors (Lipinski definition) is 0. The van der Waals surface area contributed by atoms with Crippen LogP contribution in [-0.2, 0) is 0 Å². The van der Waals surface area contributed by atoms with Crippen LogP contribution in [0.1, 0.15) is 16.1 Å². The Kier molecular flexibility index (Phi) is 3.58. The number of halogens is 1. The molecule has 2 heterocycles. The van der Waals surface area contributed by atoms with E-state index in [-0.39, 0.29) is 5.91 Å². The Balaban J connectivity index is 2.31. The van der Waals surface area contributed by atoms with E-state index in [0.29, 0.717) is 16.4 Å². The molecule has 0 aliphatic heterocycles. The molecule has 0 N–H and O–H groups in total. The normalized spacial score (nSPS) is 10.2. The van der Waals surface area contributed by atoms with Crippen molar-refractivity contribution < 1.29 is 4.79 Å². The lowest BCUT2D eigenvalue weighted by atomic mass is 10.2. The fourth-order valence-electron chi connectivity index (χ4n) is 1.61. The van der Waals surface area contributed by atoms with E-state index < -0.39 is 0 Å². The number of rotatable bonds is 2. The van der Waals surface area contributed by atoms with Crippen LogP contribution in [0.15, 0.2) is 36.7 Å². The highest BCUT2D eigenvalue weighted by Gasteiger charge is 2.14. The molecule has 0 aliphatic carbocycles. The molecule has 0 bridgehead atoms. The maximum atomic E-state index is 12.3. The monoisotopic (exact) mass is 261 g/mol. The number of aromatic nitrogens is 2. The Hall–Kier alpha value is -1.94. The zero-order valence-electron chi connectivity index (χ0n) is 10.1. The van der Waals surface area contributed by atoms with E-state index in [9.17, 15) is 4.79 Å². The second-order valence-electron chi connectivity index (χ2n) is 3.90. The zero-order valence-corrected chi connectivity index (χ0v) is 10.8. The van der Waals surface area contributed by atoms with Gasteiger partial charge in [-0.2, -0.15) is 0 Å². The maximum absolute atomic E-state index is 12.3. The molecule has 0 unspecified atom stereocenters. The van der Waals surface area contributed by atoms with Gasteiger partial charge >= 0.3 is 0 Å². The highest BCUT2D eigenvalue weighted by Crippen LogP contribution is 2.16. The van der Waals surface area contributed by atoms with Crippen molar-refractivity contribution in [2.75, 3.05) is 11.9 Å². The van der Waals surface area contributed by atoms with Gasteiger partial charge in [0, 0.05) is 24.5 Å². The first kappa shape index (κ1) is 12.5. The number of pyridine rings is 2. The molecule has 2 rings (SSSR count). The van der Waals surface area contributed by atoms with Crippen molar-refractivity contribution >= 4 is 23.2 Å². The molecular weight excluding hydrogens is 250 g/mol. The van der Waals surface area contributed by atoms with Crippen molar-refractivity contribution in [1.82, 2.24) is 9.97 Å². The average Bonchev–Trinajstić information content (AvgIpc) is 2.37. The van der Waals surface area contributed by atoms with E-state index in [0.717, 1.165) is 5.69 Å². The van der Waals surface area contributed by atoms with Crippen LogP contribution < -0.4 is 4.90 Å². The number of carbonyl (C=O) groups is 1. The molecule has 0 saturated carbocycles. The standard InChI is InChI=1S/C13H12ClN3O/c1-9-6-10(7-12(14)16-9)13(18)17(2)11-4-3-5-15-8-11/h3-8H,1-2H3. The SMILES string of the molecule is Cc1cc(C(=O)N(C)c2cccnc2)cc(Cl)n1. The smallest absolute Gasteiger partial charge is 0.258 e. The molecule has 18 heavy (non-hydrogen) atoms. The van der Waals surface area contributed by atoms with Gasteiger partial charge in [0.25, 0.3) is 5.91 Å². The van der Waals surface area contributed by atoms with E-state index in [1.165, 1.54) is 4.90 Å². The van der Waals surface area contributed by atoms with Crippen LogP contribution in [0.3, 0.4) is 0 Å². The maximum Gasteiger partial charge on any atom is 0.258 e. The van der Waals surface area contributed by atoms with E-state index in [2.05, 4.69) is 9.97 Å². The summed E-state index contributed by atoms with van der Waals surface area (Å²) < 4.78 is 0. The van der Waals surface area contributed by atoms with Crippen molar-refractivity contribution in [3.63, 3.8) is 0 Å². The molecule has 92 valence electrons. The van der Waals surface area contributed by atoms with Gasteiger partial charge in [-0.25, -0.2) is 4.98 Å². The van der Waals surface area contributed by atoms with Gasteiger partial charge in [0.05, 0.1) is 11.9 Å². The van der Waals surface area contributed by atoms with E-state index in [1.54, 1.807) is 44.6 Å².